The lowest BCUT2D eigenvalue weighted by molar-refractivity contribution is -0.691. The van der Waals surface area contributed by atoms with Gasteiger partial charge in [0.05, 0.1) is 6.20 Å². The highest BCUT2D eigenvalue weighted by Gasteiger charge is 2.52. The minimum absolute atomic E-state index is 0.415. The first kappa shape index (κ1) is 51.9. The van der Waals surface area contributed by atoms with Gasteiger partial charge in [-0.3, -0.25) is 4.98 Å². The van der Waals surface area contributed by atoms with E-state index in [0.29, 0.717) is 23.9 Å². The first-order chi connectivity index (χ1) is 32.8. The van der Waals surface area contributed by atoms with Crippen molar-refractivity contribution in [3.63, 3.8) is 0 Å². The van der Waals surface area contributed by atoms with E-state index in [4.69, 9.17) is 4.74 Å². The fourth-order valence-electron chi connectivity index (χ4n) is 7.43. The first-order valence-corrected chi connectivity index (χ1v) is 19.3. The van der Waals surface area contributed by atoms with E-state index in [1.165, 1.54) is 11.8 Å². The van der Waals surface area contributed by atoms with E-state index in [2.05, 4.69) is 18.8 Å². The maximum atomic E-state index is 15.4. The number of carbonyl (C=O) groups excluding carboxylic acids is 1. The molecule has 0 atom stereocenters. The topological polar surface area (TPSA) is 43.1 Å². The molecule has 70 heavy (non-hydrogen) atoms. The van der Waals surface area contributed by atoms with Crippen LogP contribution in [0, 0.1) is 116 Å². The van der Waals surface area contributed by atoms with Crippen LogP contribution >= 0.6 is 0 Å². The fraction of sp³-hybridized carbons (Fsp3) is 0.0889. The van der Waals surface area contributed by atoms with E-state index in [1.54, 1.807) is 12.4 Å². The maximum absolute atomic E-state index is 15.4. The molecule has 0 unspecified atom stereocenters. The molecule has 7 aromatic rings. The van der Waals surface area contributed by atoms with Crippen LogP contribution in [0.1, 0.15) is 41.4 Å². The molecule has 0 bridgehead atoms. The van der Waals surface area contributed by atoms with Crippen LogP contribution in [-0.4, -0.2) is 17.1 Å². The van der Waals surface area contributed by atoms with E-state index in [9.17, 15) is 57.5 Å². The third-order valence-corrected chi connectivity index (χ3v) is 10.7. The molecule has 6 aromatic carbocycles. The maximum Gasteiger partial charge on any atom is 0.410 e. The summed E-state index contributed by atoms with van der Waals surface area (Å²) in [4.78, 5) is 16.6. The van der Waals surface area contributed by atoms with Crippen molar-refractivity contribution in [1.82, 2.24) is 4.98 Å². The van der Waals surface area contributed by atoms with Gasteiger partial charge in [-0.25, -0.2) is 92.6 Å². The summed E-state index contributed by atoms with van der Waals surface area (Å²) >= 11 is 0. The normalized spacial score (nSPS) is 11.5. The number of ether oxygens (including phenoxy) is 1. The van der Waals surface area contributed by atoms with Crippen molar-refractivity contribution in [3.05, 3.63) is 206 Å². The van der Waals surface area contributed by atoms with E-state index in [0.717, 1.165) is 5.56 Å². The third kappa shape index (κ3) is 8.65. The van der Waals surface area contributed by atoms with Crippen LogP contribution in [0.25, 0.3) is 0 Å². The largest absolute Gasteiger partial charge is 0.419 e. The van der Waals surface area contributed by atoms with Gasteiger partial charge in [0.15, 0.2) is 82.5 Å². The number of benzene rings is 6. The van der Waals surface area contributed by atoms with Crippen LogP contribution in [0.3, 0.4) is 0 Å². The van der Waals surface area contributed by atoms with Gasteiger partial charge in [0.1, 0.15) is 64.6 Å². The van der Waals surface area contributed by atoms with Crippen molar-refractivity contribution in [2.24, 2.45) is 0 Å². The van der Waals surface area contributed by atoms with Crippen molar-refractivity contribution >= 4 is 34.0 Å². The zero-order valence-electron chi connectivity index (χ0n) is 34.6. The standard InChI is InChI=1S/C24BF20.C21H21N2O2/c26-5-1(6(27)14(35)21(42)13(5)34)25(2-7(28)15(36)22(43)16(37)8(2)29,3-9(30)17(38)23(44)18(39)10(3)31)4-11(32)19(40)24(45)20(41)12(4)33;1-16(2)18-8-10-19(11-9-18)25-21(24)20-14-22-12-13-23(20)15-17-6-4-3-5-7-17/h;3-14,16H,15H2,1-2H3/q-1;+1. The summed E-state index contributed by atoms with van der Waals surface area (Å²) in [5.41, 5.74) is -11.6. The summed E-state index contributed by atoms with van der Waals surface area (Å²) < 4.78 is 301. The lowest BCUT2D eigenvalue weighted by atomic mass is 9.12. The highest BCUT2D eigenvalue weighted by molar-refractivity contribution is 7.20. The number of hydrogen-bond donors (Lipinski definition) is 0. The predicted octanol–water partition coefficient (Wildman–Crippen LogP) is 9.61. The van der Waals surface area contributed by atoms with Crippen LogP contribution in [0.5, 0.6) is 5.75 Å². The van der Waals surface area contributed by atoms with Crippen LogP contribution < -0.4 is 31.2 Å². The van der Waals surface area contributed by atoms with Gasteiger partial charge in [-0.1, -0.05) is 56.3 Å². The minimum atomic E-state index is -7.22. The Morgan fingerprint density at radius 3 is 1.10 bits per heavy atom. The Balaban J connectivity index is 0.000000270. The lowest BCUT2D eigenvalue weighted by Crippen LogP contribution is -2.81. The summed E-state index contributed by atoms with van der Waals surface area (Å²) in [5, 5.41) is 0. The molecule has 366 valence electrons. The average Bonchev–Trinajstić information content (AvgIpc) is 3.34. The SMILES string of the molecule is CC(C)c1ccc(OC(=O)c2cncc[n+]2Cc2ccccc2)cc1.Fc1c(F)c(F)c([B-](c2c(F)c(F)c(F)c(F)c2F)(c2c(F)c(F)c(F)c(F)c2F)c2c(F)c(F)c(F)c(F)c2F)c(F)c1F. The molecule has 7 rings (SSSR count). The minimum Gasteiger partial charge on any atom is -0.419 e. The Bertz CT molecular complexity index is 2830. The van der Waals surface area contributed by atoms with E-state index >= 15 is 35.1 Å². The summed E-state index contributed by atoms with van der Waals surface area (Å²) in [7, 11) is 0. The van der Waals surface area contributed by atoms with Gasteiger partial charge in [0.25, 0.3) is 0 Å². The molecule has 4 nitrogen and oxygen atoms in total. The van der Waals surface area contributed by atoms with Crippen molar-refractivity contribution < 1.29 is 102 Å². The summed E-state index contributed by atoms with van der Waals surface area (Å²) in [6.45, 7) is 4.84. The van der Waals surface area contributed by atoms with Gasteiger partial charge in [-0.2, -0.15) is 4.57 Å². The van der Waals surface area contributed by atoms with Gasteiger partial charge in [-0.05, 0) is 23.6 Å². The molecule has 0 aliphatic rings. The van der Waals surface area contributed by atoms with E-state index < -0.39 is 150 Å². The summed E-state index contributed by atoms with van der Waals surface area (Å²) in [5.74, 6) is -70.8. The molecule has 0 spiro atoms. The van der Waals surface area contributed by atoms with Crippen LogP contribution in [0.2, 0.25) is 0 Å². The molecule has 1 aromatic heterocycles. The second-order valence-electron chi connectivity index (χ2n) is 15.0. The van der Waals surface area contributed by atoms with Gasteiger partial charge in [0, 0.05) is 5.56 Å². The van der Waals surface area contributed by atoms with Crippen LogP contribution in [0.4, 0.5) is 87.8 Å². The first-order valence-electron chi connectivity index (χ1n) is 19.3. The van der Waals surface area contributed by atoms with E-state index in [-0.39, 0.29) is 0 Å². The predicted molar refractivity (Wildman–Crippen MR) is 205 cm³/mol. The van der Waals surface area contributed by atoms with Crippen LogP contribution in [-0.2, 0) is 6.54 Å². The molecule has 0 amide bonds. The monoisotopic (exact) mass is 1010 g/mol. The number of hydrogen-bond acceptors (Lipinski definition) is 3. The zero-order chi connectivity index (χ0) is 52.0. The molecular formula is C45H21BF20N2O2. The molecule has 0 aliphatic heterocycles. The number of nitrogens with zero attached hydrogens (tertiary/aromatic N) is 2. The number of rotatable bonds is 9. The highest BCUT2D eigenvalue weighted by atomic mass is 19.2. The number of esters is 1. The molecule has 0 saturated carbocycles. The van der Waals surface area contributed by atoms with Gasteiger partial charge >= 0.3 is 11.7 Å². The Kier molecular flexibility index (Phi) is 14.7. The zero-order valence-corrected chi connectivity index (χ0v) is 34.6. The van der Waals surface area contributed by atoms with Crippen molar-refractivity contribution in [2.45, 2.75) is 26.3 Å². The number of carbonyl (C=O) groups is 1. The number of aromatic nitrogens is 2. The quantitative estimate of drug-likeness (QED) is 0.0276. The molecule has 0 saturated heterocycles. The molecule has 0 aliphatic carbocycles. The Morgan fingerprint density at radius 1 is 0.471 bits per heavy atom. The second-order valence-corrected chi connectivity index (χ2v) is 15.0. The molecule has 25 heteroatoms. The van der Waals surface area contributed by atoms with Crippen molar-refractivity contribution in [1.29, 1.82) is 0 Å². The van der Waals surface area contributed by atoms with Crippen LogP contribution in [0.15, 0.2) is 73.2 Å². The molecule has 0 radical (unpaired) electrons. The lowest BCUT2D eigenvalue weighted by Gasteiger charge is -2.44. The van der Waals surface area contributed by atoms with Crippen molar-refractivity contribution in [3.8, 4) is 5.75 Å². The molecular weight excluding hydrogens is 991 g/mol. The van der Waals surface area contributed by atoms with Gasteiger partial charge < -0.3 is 4.74 Å². The Morgan fingerprint density at radius 2 is 0.786 bits per heavy atom. The Labute approximate surface area is 378 Å². The molecule has 1 heterocycles. The Hall–Kier alpha value is -7.47. The summed E-state index contributed by atoms with van der Waals surface area (Å²) in [6, 6.07) is 17.6. The highest BCUT2D eigenvalue weighted by Crippen LogP contribution is 2.31. The second kappa shape index (κ2) is 19.9. The van der Waals surface area contributed by atoms with E-state index in [1.807, 2.05) is 59.2 Å². The van der Waals surface area contributed by atoms with Gasteiger partial charge in [-0.15, -0.1) is 21.9 Å². The fourth-order valence-corrected chi connectivity index (χ4v) is 7.43. The molecule has 0 N–H and O–H groups in total. The van der Waals surface area contributed by atoms with Crippen molar-refractivity contribution in [2.75, 3.05) is 0 Å². The summed E-state index contributed by atoms with van der Waals surface area (Å²) in [6.07, 6.45) is -2.23. The number of halogens is 20. The van der Waals surface area contributed by atoms with Gasteiger partial charge in [0.2, 0.25) is 0 Å². The smallest absolute Gasteiger partial charge is 0.410 e. The molecule has 0 fully saturated rings. The average molecular weight is 1010 g/mol. The third-order valence-electron chi connectivity index (χ3n) is 10.7.